The minimum atomic E-state index is -2.78. The summed E-state index contributed by atoms with van der Waals surface area (Å²) in [6.45, 7) is 0. The van der Waals surface area contributed by atoms with Gasteiger partial charge in [0, 0.05) is 31.3 Å². The summed E-state index contributed by atoms with van der Waals surface area (Å²) in [6, 6.07) is 7.52. The van der Waals surface area contributed by atoms with Crippen molar-refractivity contribution < 1.29 is 38.9 Å². The van der Waals surface area contributed by atoms with E-state index in [4.69, 9.17) is 10.5 Å². The first-order valence-electron chi connectivity index (χ1n) is 13.8. The first-order valence-corrected chi connectivity index (χ1v) is 13.8. The van der Waals surface area contributed by atoms with Crippen LogP contribution in [0.25, 0.3) is 0 Å². The van der Waals surface area contributed by atoms with Crippen molar-refractivity contribution in [3.8, 4) is 23.3 Å². The van der Waals surface area contributed by atoms with Crippen LogP contribution in [-0.2, 0) is 25.6 Å². The van der Waals surface area contributed by atoms with Crippen LogP contribution in [0.5, 0.6) is 11.5 Å². The lowest BCUT2D eigenvalue weighted by Crippen LogP contribution is -2.74. The van der Waals surface area contributed by atoms with E-state index in [1.54, 1.807) is 63.4 Å². The third-order valence-electron chi connectivity index (χ3n) is 8.93. The first-order chi connectivity index (χ1) is 20.2. The second-order valence-corrected chi connectivity index (χ2v) is 11.8. The molecule has 2 saturated carbocycles. The molecule has 0 spiro atoms. The Morgan fingerprint density at radius 2 is 1.77 bits per heavy atom. The van der Waals surface area contributed by atoms with Crippen LogP contribution >= 0.6 is 0 Å². The van der Waals surface area contributed by atoms with Gasteiger partial charge in [-0.15, -0.1) is 0 Å². The number of carbonyl (C=O) groups is 5. The highest BCUT2D eigenvalue weighted by molar-refractivity contribution is 6.32. The van der Waals surface area contributed by atoms with Crippen molar-refractivity contribution in [2.24, 2.45) is 29.4 Å². The minimum absolute atomic E-state index is 0.0189. The van der Waals surface area contributed by atoms with Gasteiger partial charge in [0.25, 0.3) is 0 Å². The van der Waals surface area contributed by atoms with Crippen molar-refractivity contribution in [3.05, 3.63) is 52.6 Å². The second kappa shape index (κ2) is 10.6. The van der Waals surface area contributed by atoms with Crippen LogP contribution in [-0.4, -0.2) is 91.1 Å². The number of benzene rings is 2. The number of fused-ring (bicyclic) bond motifs is 3. The van der Waals surface area contributed by atoms with Crippen LogP contribution in [0.3, 0.4) is 0 Å². The number of ether oxygens (including phenoxy) is 1. The normalized spacial score (nSPS) is 27.9. The van der Waals surface area contributed by atoms with Gasteiger partial charge in [-0.25, -0.2) is 0 Å². The minimum Gasteiger partial charge on any atom is -0.506 e. The van der Waals surface area contributed by atoms with E-state index in [0.29, 0.717) is 22.6 Å². The molecule has 0 heterocycles. The van der Waals surface area contributed by atoms with E-state index in [1.807, 2.05) is 0 Å². The van der Waals surface area contributed by atoms with Crippen LogP contribution in [0.2, 0.25) is 0 Å². The molecule has 2 fully saturated rings. The van der Waals surface area contributed by atoms with E-state index in [0.717, 1.165) is 0 Å². The molecule has 0 aliphatic heterocycles. The van der Waals surface area contributed by atoms with Crippen LogP contribution in [0, 0.1) is 35.5 Å². The fraction of sp³-hybridized carbons (Fsp3) is 0.406. The Bertz CT molecular complexity index is 1650. The fourth-order valence-corrected chi connectivity index (χ4v) is 6.99. The molecule has 0 radical (unpaired) electrons. The number of hydrogen-bond donors (Lipinski definition) is 3. The molecule has 0 aromatic heterocycles. The Morgan fingerprint density at radius 1 is 1.07 bits per heavy atom. The number of carbonyl (C=O) groups excluding carboxylic acids is 5. The largest absolute Gasteiger partial charge is 0.506 e. The molecular weight excluding hydrogens is 554 g/mol. The van der Waals surface area contributed by atoms with E-state index in [-0.39, 0.29) is 24.0 Å². The van der Waals surface area contributed by atoms with Gasteiger partial charge in [0.05, 0.1) is 30.2 Å². The molecule has 4 N–H and O–H groups in total. The third kappa shape index (κ3) is 4.49. The average Bonchev–Trinajstić information content (AvgIpc) is 2.94. The fourth-order valence-electron chi connectivity index (χ4n) is 6.99. The van der Waals surface area contributed by atoms with E-state index in [1.165, 1.54) is 12.0 Å². The zero-order chi connectivity index (χ0) is 31.5. The van der Waals surface area contributed by atoms with Gasteiger partial charge in [-0.2, -0.15) is 0 Å². The Labute approximate surface area is 248 Å². The number of aliphatic hydroxyl groups is 1. The quantitative estimate of drug-likeness (QED) is 0.335. The summed E-state index contributed by atoms with van der Waals surface area (Å²) in [4.78, 5) is 70.3. The van der Waals surface area contributed by atoms with Crippen molar-refractivity contribution in [2.45, 2.75) is 24.5 Å². The van der Waals surface area contributed by atoms with Crippen LogP contribution in [0.4, 0.5) is 5.69 Å². The number of amides is 1. The summed E-state index contributed by atoms with van der Waals surface area (Å²) in [7, 11) is 8.17. The molecule has 3 aliphatic carbocycles. The molecule has 5 rings (SSSR count). The van der Waals surface area contributed by atoms with Crippen molar-refractivity contribution in [2.75, 3.05) is 40.2 Å². The van der Waals surface area contributed by atoms with E-state index in [2.05, 4.69) is 11.8 Å². The standard InChI is InChI=1S/C32H33N3O8/c1-34(2)21-14-16(10-9-15-7-6-8-18(11-15)43-5)26(36)23-19(21)12-17-13-20-25(35(3)4)28(38)24(31(33)41)30(40)32(20,42)29(39)22(17)27(23)37/h6-8,11,14,17,20,22,24-25,36,42H,12-13H2,1-5H3,(H2,33,41)/t17-,20-,22?,24?,25-,32-/m1/s1. The van der Waals surface area contributed by atoms with Crippen molar-refractivity contribution >= 4 is 34.7 Å². The van der Waals surface area contributed by atoms with Crippen LogP contribution in [0.1, 0.15) is 33.5 Å². The van der Waals surface area contributed by atoms with Gasteiger partial charge in [-0.3, -0.25) is 28.9 Å². The number of aromatic hydroxyl groups is 1. The molecule has 2 unspecified atom stereocenters. The highest BCUT2D eigenvalue weighted by atomic mass is 16.5. The zero-order valence-electron chi connectivity index (χ0n) is 24.5. The maximum Gasteiger partial charge on any atom is 0.235 e. The number of anilines is 1. The molecule has 6 atom stereocenters. The number of phenolic OH excluding ortho intramolecular Hbond substituents is 1. The maximum atomic E-state index is 14.1. The second-order valence-electron chi connectivity index (χ2n) is 11.8. The number of likely N-dealkylation sites (N-methyl/N-ethyl adjacent to an activating group) is 1. The van der Waals surface area contributed by atoms with E-state index in [9.17, 15) is 34.2 Å². The number of ketones is 4. The Kier molecular flexibility index (Phi) is 7.40. The molecular formula is C32H33N3O8. The Balaban J connectivity index is 1.64. The summed E-state index contributed by atoms with van der Waals surface area (Å²) in [5.41, 5.74) is 4.37. The van der Waals surface area contributed by atoms with E-state index >= 15 is 0 Å². The summed E-state index contributed by atoms with van der Waals surface area (Å²) < 4.78 is 5.24. The molecule has 11 heteroatoms. The molecule has 11 nitrogen and oxygen atoms in total. The smallest absolute Gasteiger partial charge is 0.235 e. The summed E-state index contributed by atoms with van der Waals surface area (Å²) in [5.74, 6) is -4.49. The number of rotatable bonds is 4. The molecule has 43 heavy (non-hydrogen) atoms. The number of methoxy groups -OCH3 is 1. The van der Waals surface area contributed by atoms with Gasteiger partial charge >= 0.3 is 0 Å². The third-order valence-corrected chi connectivity index (χ3v) is 8.93. The highest BCUT2D eigenvalue weighted by Gasteiger charge is 2.69. The van der Waals surface area contributed by atoms with Gasteiger partial charge in [0.2, 0.25) is 5.91 Å². The van der Waals surface area contributed by atoms with Crippen LogP contribution < -0.4 is 15.4 Å². The lowest BCUT2D eigenvalue weighted by molar-refractivity contribution is -0.181. The topological polar surface area (TPSA) is 168 Å². The number of Topliss-reactive ketones (excluding diaryl/α,β-unsaturated/α-hetero) is 4. The van der Waals surface area contributed by atoms with Gasteiger partial charge in [-0.1, -0.05) is 17.9 Å². The van der Waals surface area contributed by atoms with Gasteiger partial charge < -0.3 is 25.6 Å². The lowest BCUT2D eigenvalue weighted by Gasteiger charge is -2.52. The number of hydrogen-bond acceptors (Lipinski definition) is 10. The lowest BCUT2D eigenvalue weighted by atomic mass is 9.52. The predicted molar refractivity (Wildman–Crippen MR) is 155 cm³/mol. The Hall–Kier alpha value is -4.53. The zero-order valence-corrected chi connectivity index (χ0v) is 24.5. The van der Waals surface area contributed by atoms with Gasteiger partial charge in [0.1, 0.15) is 11.5 Å². The molecule has 2 aromatic rings. The predicted octanol–water partition coefficient (Wildman–Crippen LogP) is 0.341. The molecule has 0 saturated heterocycles. The first kappa shape index (κ1) is 29.9. The summed E-state index contributed by atoms with van der Waals surface area (Å²) in [6.07, 6.45) is 0.144. The summed E-state index contributed by atoms with van der Waals surface area (Å²) >= 11 is 0. The van der Waals surface area contributed by atoms with Gasteiger partial charge in [0.15, 0.2) is 34.7 Å². The molecule has 0 bridgehead atoms. The number of nitrogens with zero attached hydrogens (tertiary/aromatic N) is 2. The molecule has 2 aromatic carbocycles. The SMILES string of the molecule is COc1cccc(C#Cc2cc(N(C)C)c3c(c2O)C(=O)C2C(=O)[C@@]4(O)C(=O)C(C(N)=O)C(=O)[C@H](N(C)C)[C@H]4C[C@H]2C3)c1. The number of phenols is 1. The van der Waals surface area contributed by atoms with Crippen molar-refractivity contribution in [1.29, 1.82) is 0 Å². The highest BCUT2D eigenvalue weighted by Crippen LogP contribution is 2.52. The number of nitrogens with two attached hydrogens (primary N) is 1. The maximum absolute atomic E-state index is 14.1. The van der Waals surface area contributed by atoms with Crippen LogP contribution in [0.15, 0.2) is 30.3 Å². The van der Waals surface area contributed by atoms with Crippen molar-refractivity contribution in [1.82, 2.24) is 4.90 Å². The molecule has 224 valence electrons. The van der Waals surface area contributed by atoms with Crippen molar-refractivity contribution in [3.63, 3.8) is 0 Å². The molecule has 1 amide bonds. The van der Waals surface area contributed by atoms with Gasteiger partial charge in [-0.05, 0) is 62.7 Å². The summed E-state index contributed by atoms with van der Waals surface area (Å²) in [5, 5.41) is 23.1. The molecule has 3 aliphatic rings. The van der Waals surface area contributed by atoms with E-state index < -0.39 is 70.1 Å². The monoisotopic (exact) mass is 587 g/mol. The average molecular weight is 588 g/mol. The Morgan fingerprint density at radius 3 is 2.37 bits per heavy atom. The number of primary amides is 1.